The molecule has 2 atom stereocenters. The van der Waals surface area contributed by atoms with Gasteiger partial charge >= 0.3 is 0 Å². The lowest BCUT2D eigenvalue weighted by Gasteiger charge is -2.32. The fourth-order valence-electron chi connectivity index (χ4n) is 2.89. The Hall–Kier alpha value is -1.54. The van der Waals surface area contributed by atoms with Gasteiger partial charge < -0.3 is 15.3 Å². The number of carbonyl (C=O) groups is 2. The Morgan fingerprint density at radius 3 is 2.43 bits per heavy atom. The van der Waals surface area contributed by atoms with E-state index in [0.29, 0.717) is 0 Å². The molecule has 2 fully saturated rings. The summed E-state index contributed by atoms with van der Waals surface area (Å²) in [5.41, 5.74) is 0. The molecule has 0 radical (unpaired) electrons. The third kappa shape index (κ3) is 3.98. The van der Waals surface area contributed by atoms with Gasteiger partial charge in [-0.2, -0.15) is 0 Å². The van der Waals surface area contributed by atoms with Crippen LogP contribution < -0.4 is 5.32 Å². The van der Waals surface area contributed by atoms with Crippen molar-refractivity contribution in [3.05, 3.63) is 0 Å². The van der Waals surface area contributed by atoms with Crippen LogP contribution in [0.2, 0.25) is 0 Å². The van der Waals surface area contributed by atoms with Gasteiger partial charge in [-0.3, -0.25) is 9.59 Å². The number of hydrogen-bond donors (Lipinski definition) is 2. The molecule has 2 aliphatic carbocycles. The third-order valence-electron chi connectivity index (χ3n) is 4.30. The van der Waals surface area contributed by atoms with Gasteiger partial charge in [0.2, 0.25) is 11.8 Å². The smallest absolute Gasteiger partial charge is 0.248 e. The van der Waals surface area contributed by atoms with Gasteiger partial charge in [-0.15, -0.1) is 6.42 Å². The normalized spacial score (nSPS) is 21.4. The summed E-state index contributed by atoms with van der Waals surface area (Å²) in [6, 6.07) is -0.764. The van der Waals surface area contributed by atoms with Crippen molar-refractivity contribution in [3.63, 3.8) is 0 Å². The molecule has 0 spiro atoms. The molecule has 2 aliphatic rings. The zero-order chi connectivity index (χ0) is 15.4. The third-order valence-corrected chi connectivity index (χ3v) is 4.30. The number of amides is 2. The number of rotatable bonds is 6. The lowest BCUT2D eigenvalue weighted by Crippen LogP contribution is -2.56. The van der Waals surface area contributed by atoms with Gasteiger partial charge in [0.1, 0.15) is 6.04 Å². The topological polar surface area (TPSA) is 69.6 Å². The first kappa shape index (κ1) is 15.8. The molecule has 0 aromatic rings. The van der Waals surface area contributed by atoms with Crippen LogP contribution in [0.5, 0.6) is 0 Å². The molecule has 2 unspecified atom stereocenters. The van der Waals surface area contributed by atoms with E-state index in [4.69, 9.17) is 6.42 Å². The maximum atomic E-state index is 12.7. The lowest BCUT2D eigenvalue weighted by atomic mass is 10.1. The maximum Gasteiger partial charge on any atom is 0.248 e. The fourth-order valence-corrected chi connectivity index (χ4v) is 2.89. The molecule has 2 saturated carbocycles. The minimum atomic E-state index is -0.929. The Morgan fingerprint density at radius 1 is 1.33 bits per heavy atom. The first-order chi connectivity index (χ1) is 10.0. The number of terminal acetylenes is 1. The van der Waals surface area contributed by atoms with E-state index in [1.165, 1.54) is 6.92 Å². The molecule has 2 amide bonds. The summed E-state index contributed by atoms with van der Waals surface area (Å²) < 4.78 is 0. The maximum absolute atomic E-state index is 12.7. The molecule has 2 rings (SSSR count). The Labute approximate surface area is 126 Å². The average Bonchev–Trinajstić information content (AvgIpc) is 3.17. The Balaban J connectivity index is 2.06. The van der Waals surface area contributed by atoms with Crippen molar-refractivity contribution < 1.29 is 14.7 Å². The van der Waals surface area contributed by atoms with Crippen molar-refractivity contribution in [2.45, 2.75) is 63.6 Å². The van der Waals surface area contributed by atoms with Gasteiger partial charge in [0.05, 0.1) is 12.6 Å². The molecule has 0 aromatic carbocycles. The van der Waals surface area contributed by atoms with Crippen molar-refractivity contribution in [3.8, 4) is 12.3 Å². The number of nitrogens with one attached hydrogen (secondary N) is 1. The highest BCUT2D eigenvalue weighted by molar-refractivity contribution is 5.90. The second-order valence-electron chi connectivity index (χ2n) is 6.11. The number of aliphatic hydroxyl groups is 1. The number of carbonyl (C=O) groups excluding carboxylic acids is 2. The van der Waals surface area contributed by atoms with Crippen molar-refractivity contribution in [2.24, 2.45) is 5.92 Å². The highest BCUT2D eigenvalue weighted by Crippen LogP contribution is 2.29. The number of hydrogen-bond acceptors (Lipinski definition) is 3. The van der Waals surface area contributed by atoms with E-state index >= 15 is 0 Å². The molecule has 2 N–H and O–H groups in total. The van der Waals surface area contributed by atoms with Crippen LogP contribution in [-0.2, 0) is 9.59 Å². The van der Waals surface area contributed by atoms with E-state index in [-0.39, 0.29) is 30.3 Å². The summed E-state index contributed by atoms with van der Waals surface area (Å²) in [6.07, 6.45) is 10.2. The van der Waals surface area contributed by atoms with Gasteiger partial charge in [0.15, 0.2) is 0 Å². The monoisotopic (exact) mass is 292 g/mol. The zero-order valence-electron chi connectivity index (χ0n) is 12.5. The van der Waals surface area contributed by atoms with E-state index in [2.05, 4.69) is 11.2 Å². The molecule has 0 aromatic heterocycles. The van der Waals surface area contributed by atoms with Crippen LogP contribution in [-0.4, -0.2) is 46.6 Å². The minimum Gasteiger partial charge on any atom is -0.391 e. The number of aliphatic hydroxyl groups excluding tert-OH is 1. The predicted octanol–water partition coefficient (Wildman–Crippen LogP) is 0.666. The van der Waals surface area contributed by atoms with Crippen molar-refractivity contribution in [1.29, 1.82) is 0 Å². The summed E-state index contributed by atoms with van der Waals surface area (Å²) >= 11 is 0. The van der Waals surface area contributed by atoms with Crippen LogP contribution in [0.4, 0.5) is 0 Å². The van der Waals surface area contributed by atoms with Crippen LogP contribution in [0.25, 0.3) is 0 Å². The summed E-state index contributed by atoms with van der Waals surface area (Å²) in [5.74, 6) is 2.13. The molecule has 0 saturated heterocycles. The van der Waals surface area contributed by atoms with Crippen LogP contribution in [0.1, 0.15) is 45.4 Å². The second-order valence-corrected chi connectivity index (χ2v) is 6.11. The quantitative estimate of drug-likeness (QED) is 0.707. The van der Waals surface area contributed by atoms with E-state index in [0.717, 1.165) is 38.5 Å². The van der Waals surface area contributed by atoms with Crippen molar-refractivity contribution >= 4 is 11.8 Å². The van der Waals surface area contributed by atoms with Gasteiger partial charge in [0, 0.05) is 12.0 Å². The molecular weight excluding hydrogens is 268 g/mol. The zero-order valence-corrected chi connectivity index (χ0v) is 12.5. The van der Waals surface area contributed by atoms with Crippen LogP contribution in [0.15, 0.2) is 0 Å². The largest absolute Gasteiger partial charge is 0.391 e. The Bertz CT molecular complexity index is 431. The first-order valence-electron chi connectivity index (χ1n) is 7.77. The molecular formula is C16H24N2O3. The van der Waals surface area contributed by atoms with Crippen LogP contribution in [0, 0.1) is 18.3 Å². The SMILES string of the molecule is C#CCN(C(=O)C(NC(=O)C1CC1)C(C)O)C1CCCC1. The molecule has 116 valence electrons. The van der Waals surface area contributed by atoms with Gasteiger partial charge in [-0.05, 0) is 32.6 Å². The van der Waals surface area contributed by atoms with Gasteiger partial charge in [0.25, 0.3) is 0 Å². The van der Waals surface area contributed by atoms with Gasteiger partial charge in [-0.1, -0.05) is 18.8 Å². The van der Waals surface area contributed by atoms with Crippen molar-refractivity contribution in [1.82, 2.24) is 10.2 Å². The fraction of sp³-hybridized carbons (Fsp3) is 0.750. The molecule has 0 bridgehead atoms. The second kappa shape index (κ2) is 6.95. The van der Waals surface area contributed by atoms with E-state index < -0.39 is 12.1 Å². The van der Waals surface area contributed by atoms with Crippen LogP contribution in [0.3, 0.4) is 0 Å². The van der Waals surface area contributed by atoms with Gasteiger partial charge in [-0.25, -0.2) is 0 Å². The molecule has 5 heteroatoms. The lowest BCUT2D eigenvalue weighted by molar-refractivity contribution is -0.141. The predicted molar refractivity (Wildman–Crippen MR) is 79.1 cm³/mol. The standard InChI is InChI=1S/C16H24N2O3/c1-3-10-18(13-6-4-5-7-13)16(21)14(11(2)19)17-15(20)12-8-9-12/h1,11-14,19H,4-10H2,2H3,(H,17,20). The number of nitrogens with zero attached hydrogens (tertiary/aromatic N) is 1. The Kier molecular flexibility index (Phi) is 5.24. The highest BCUT2D eigenvalue weighted by atomic mass is 16.3. The summed E-state index contributed by atoms with van der Waals surface area (Å²) in [6.45, 7) is 1.75. The van der Waals surface area contributed by atoms with Crippen LogP contribution >= 0.6 is 0 Å². The summed E-state index contributed by atoms with van der Waals surface area (Å²) in [5, 5.41) is 12.6. The summed E-state index contributed by atoms with van der Waals surface area (Å²) in [4.78, 5) is 26.2. The van der Waals surface area contributed by atoms with E-state index in [1.54, 1.807) is 4.90 Å². The van der Waals surface area contributed by atoms with Crippen molar-refractivity contribution in [2.75, 3.05) is 6.54 Å². The minimum absolute atomic E-state index is 0.00612. The average molecular weight is 292 g/mol. The molecule has 0 heterocycles. The highest BCUT2D eigenvalue weighted by Gasteiger charge is 2.37. The molecule has 0 aliphatic heterocycles. The Morgan fingerprint density at radius 2 is 1.95 bits per heavy atom. The molecule has 21 heavy (non-hydrogen) atoms. The van der Waals surface area contributed by atoms with E-state index in [1.807, 2.05) is 0 Å². The van der Waals surface area contributed by atoms with E-state index in [9.17, 15) is 14.7 Å². The summed E-state index contributed by atoms with van der Waals surface area (Å²) in [7, 11) is 0. The first-order valence-corrected chi connectivity index (χ1v) is 7.77. The molecule has 5 nitrogen and oxygen atoms in total.